The number of rotatable bonds is 7. The molecule has 0 N–H and O–H groups in total. The van der Waals surface area contributed by atoms with Crippen molar-refractivity contribution in [3.8, 4) is 17.3 Å². The topological polar surface area (TPSA) is 79.1 Å². The number of piperazine rings is 1. The summed E-state index contributed by atoms with van der Waals surface area (Å²) in [5, 5.41) is 0.366. The lowest BCUT2D eigenvalue weighted by molar-refractivity contribution is -0.128. The number of fused-ring (bicyclic) bond motifs is 5. The maximum absolute atomic E-state index is 16.7. The summed E-state index contributed by atoms with van der Waals surface area (Å²) in [6, 6.07) is 2.54. The Balaban J connectivity index is 1.21. The number of carbonyl (C=O) groups is 1. The van der Waals surface area contributed by atoms with Gasteiger partial charge in [0.15, 0.2) is 5.82 Å². The molecule has 8 rings (SSSR count). The van der Waals surface area contributed by atoms with Crippen LogP contribution in [-0.2, 0) is 11.2 Å². The van der Waals surface area contributed by atoms with Crippen LogP contribution in [0.15, 0.2) is 31.0 Å². The van der Waals surface area contributed by atoms with E-state index in [1.807, 2.05) is 4.90 Å². The molecule has 1 saturated carbocycles. The van der Waals surface area contributed by atoms with Crippen molar-refractivity contribution in [3.63, 3.8) is 0 Å². The molecule has 5 aliphatic rings. The summed E-state index contributed by atoms with van der Waals surface area (Å²) < 4.78 is 52.2. The fraction of sp³-hybridized carbons (Fsp3) is 0.500. The maximum Gasteiger partial charge on any atom is 0.319 e. The van der Waals surface area contributed by atoms with E-state index in [0.717, 1.165) is 31.4 Å². The number of aromatic nitrogens is 3. The third-order valence-corrected chi connectivity index (χ3v) is 10.7. The van der Waals surface area contributed by atoms with Gasteiger partial charge in [0.25, 0.3) is 0 Å². The fourth-order valence-corrected chi connectivity index (χ4v) is 8.45. The number of alkyl halides is 1. The molecule has 4 fully saturated rings. The molecule has 9 nitrogen and oxygen atoms in total. The van der Waals surface area contributed by atoms with E-state index >= 15 is 4.39 Å². The minimum atomic E-state index is -0.930. The smallest absolute Gasteiger partial charge is 0.319 e. The van der Waals surface area contributed by atoms with E-state index in [9.17, 15) is 13.6 Å². The standard InChI is InChI=1S/C34H34F3N7O2/c1-3-27(45)44-10-9-42(17-21(44)14-38-2)32-25-15-39-30(22-5-6-26(36)28-23-11-19(23)12-24(22)28)29(37)31(25)40-33(41-32)46-18-34-7-4-8-43(34)16-20(35)13-34/h3,5-6,15,19-21,23H,1,4,7-14,16-18H2/t19-,20+,21-,23-,34-/m0/s1. The molecule has 0 radical (unpaired) electrons. The molecule has 2 aliphatic carbocycles. The van der Waals surface area contributed by atoms with Gasteiger partial charge in [0.1, 0.15) is 41.7 Å². The van der Waals surface area contributed by atoms with Crippen molar-refractivity contribution in [2.45, 2.75) is 55.8 Å². The molecular formula is C34H34F3N7O2. The van der Waals surface area contributed by atoms with Gasteiger partial charge < -0.3 is 19.4 Å². The van der Waals surface area contributed by atoms with Crippen LogP contribution in [0.2, 0.25) is 0 Å². The molecule has 1 aromatic carbocycles. The van der Waals surface area contributed by atoms with Crippen LogP contribution in [0.4, 0.5) is 19.0 Å². The number of nitrogens with zero attached hydrogens (tertiary/aromatic N) is 7. The number of hydrogen-bond acceptors (Lipinski definition) is 7. The number of amides is 1. The first-order chi connectivity index (χ1) is 22.3. The van der Waals surface area contributed by atoms with Crippen molar-refractivity contribution in [1.29, 1.82) is 0 Å². The summed E-state index contributed by atoms with van der Waals surface area (Å²) in [7, 11) is 0. The SMILES string of the molecule is [C-]#[N+]C[C@H]1CN(c2nc(OC[C@@]34CCCN3C[C@H](F)C4)nc3c(F)c(-c4ccc(F)c5c4C[C@@H]4C[C@H]54)ncc23)CCN1C(=O)C=C. The minimum absolute atomic E-state index is 0.0214. The van der Waals surface area contributed by atoms with Gasteiger partial charge in [-0.15, -0.1) is 0 Å². The number of ether oxygens (including phenoxy) is 1. The van der Waals surface area contributed by atoms with E-state index in [0.29, 0.717) is 60.7 Å². The molecule has 12 heteroatoms. The summed E-state index contributed by atoms with van der Waals surface area (Å²) in [6.07, 6.45) is 5.62. The van der Waals surface area contributed by atoms with Crippen LogP contribution >= 0.6 is 0 Å². The lowest BCUT2D eigenvalue weighted by atomic mass is 9.95. The normalized spacial score (nSPS) is 28.1. The Morgan fingerprint density at radius 3 is 2.91 bits per heavy atom. The number of halogens is 3. The Bertz CT molecular complexity index is 1810. The summed E-state index contributed by atoms with van der Waals surface area (Å²) in [4.78, 5) is 35.7. The Labute approximate surface area is 264 Å². The molecule has 0 spiro atoms. The molecule has 3 aromatic rings. The highest BCUT2D eigenvalue weighted by Gasteiger charge is 2.50. The molecule has 0 bridgehead atoms. The molecule has 46 heavy (non-hydrogen) atoms. The van der Waals surface area contributed by atoms with Gasteiger partial charge in [-0.1, -0.05) is 6.58 Å². The quantitative estimate of drug-likeness (QED) is 0.277. The molecule has 1 amide bonds. The van der Waals surface area contributed by atoms with Crippen molar-refractivity contribution >= 4 is 22.6 Å². The van der Waals surface area contributed by atoms with Crippen LogP contribution in [0.25, 0.3) is 27.0 Å². The Hall–Kier alpha value is -4.24. The van der Waals surface area contributed by atoms with Crippen molar-refractivity contribution in [2.75, 3.05) is 50.8 Å². The largest absolute Gasteiger partial charge is 0.461 e. The van der Waals surface area contributed by atoms with Gasteiger partial charge in [0, 0.05) is 44.4 Å². The highest BCUT2D eigenvalue weighted by molar-refractivity contribution is 5.93. The van der Waals surface area contributed by atoms with Crippen LogP contribution in [-0.4, -0.2) is 94.3 Å². The van der Waals surface area contributed by atoms with Crippen molar-refractivity contribution in [2.24, 2.45) is 5.92 Å². The predicted molar refractivity (Wildman–Crippen MR) is 165 cm³/mol. The molecule has 5 atom stereocenters. The fourth-order valence-electron chi connectivity index (χ4n) is 8.45. The maximum atomic E-state index is 16.7. The number of carbonyl (C=O) groups excluding carboxylic acids is 1. The predicted octanol–water partition coefficient (Wildman–Crippen LogP) is 4.71. The number of benzene rings is 1. The monoisotopic (exact) mass is 629 g/mol. The van der Waals surface area contributed by atoms with Gasteiger partial charge in [0.05, 0.1) is 10.9 Å². The second-order valence-electron chi connectivity index (χ2n) is 13.3. The van der Waals surface area contributed by atoms with E-state index in [1.165, 1.54) is 12.1 Å². The molecule has 5 heterocycles. The molecular weight excluding hydrogens is 595 g/mol. The highest BCUT2D eigenvalue weighted by atomic mass is 19.1. The van der Waals surface area contributed by atoms with Crippen LogP contribution < -0.4 is 9.64 Å². The Morgan fingerprint density at radius 1 is 1.22 bits per heavy atom. The average Bonchev–Trinajstić information content (AvgIpc) is 3.36. The molecule has 0 unspecified atom stereocenters. The highest BCUT2D eigenvalue weighted by Crippen LogP contribution is 2.58. The van der Waals surface area contributed by atoms with Crippen LogP contribution in [0, 0.1) is 24.1 Å². The van der Waals surface area contributed by atoms with Crippen molar-refractivity contribution in [3.05, 3.63) is 65.2 Å². The molecule has 3 saturated heterocycles. The van der Waals surface area contributed by atoms with Gasteiger partial charge in [-0.25, -0.2) is 19.7 Å². The van der Waals surface area contributed by atoms with E-state index in [1.54, 1.807) is 17.2 Å². The summed E-state index contributed by atoms with van der Waals surface area (Å²) in [6.45, 7) is 13.5. The minimum Gasteiger partial charge on any atom is -0.461 e. The zero-order valence-corrected chi connectivity index (χ0v) is 25.4. The van der Waals surface area contributed by atoms with Crippen LogP contribution in [0.1, 0.15) is 42.7 Å². The van der Waals surface area contributed by atoms with Gasteiger partial charge in [-0.2, -0.15) is 9.97 Å². The summed E-state index contributed by atoms with van der Waals surface area (Å²) in [5.41, 5.74) is 1.73. The zero-order chi connectivity index (χ0) is 31.7. The first-order valence-electron chi connectivity index (χ1n) is 16.0. The van der Waals surface area contributed by atoms with Gasteiger partial charge in [-0.3, -0.25) is 14.7 Å². The molecule has 2 aromatic heterocycles. The van der Waals surface area contributed by atoms with E-state index in [-0.39, 0.29) is 54.6 Å². The molecule has 3 aliphatic heterocycles. The number of pyridine rings is 1. The van der Waals surface area contributed by atoms with Crippen molar-refractivity contribution < 1.29 is 22.7 Å². The third-order valence-electron chi connectivity index (χ3n) is 10.7. The van der Waals surface area contributed by atoms with E-state index in [2.05, 4.69) is 26.3 Å². The van der Waals surface area contributed by atoms with Crippen LogP contribution in [0.5, 0.6) is 6.01 Å². The van der Waals surface area contributed by atoms with Gasteiger partial charge in [-0.05, 0) is 73.4 Å². The van der Waals surface area contributed by atoms with E-state index < -0.39 is 23.6 Å². The lowest BCUT2D eigenvalue weighted by Crippen LogP contribution is -2.56. The summed E-state index contributed by atoms with van der Waals surface area (Å²) >= 11 is 0. The van der Waals surface area contributed by atoms with Gasteiger partial charge in [0.2, 0.25) is 12.5 Å². The van der Waals surface area contributed by atoms with Crippen LogP contribution in [0.3, 0.4) is 0 Å². The Morgan fingerprint density at radius 2 is 2.09 bits per heavy atom. The first-order valence-corrected chi connectivity index (χ1v) is 16.0. The van der Waals surface area contributed by atoms with Gasteiger partial charge >= 0.3 is 6.01 Å². The van der Waals surface area contributed by atoms with Crippen molar-refractivity contribution in [1.82, 2.24) is 24.8 Å². The lowest BCUT2D eigenvalue weighted by Gasteiger charge is -2.39. The average molecular weight is 630 g/mol. The second-order valence-corrected chi connectivity index (χ2v) is 13.3. The second kappa shape index (κ2) is 10.9. The third kappa shape index (κ3) is 4.62. The number of hydrogen-bond donors (Lipinski definition) is 0. The van der Waals surface area contributed by atoms with E-state index in [4.69, 9.17) is 16.3 Å². The Kier molecular flexibility index (Phi) is 6.94. The first kappa shape index (κ1) is 29.2. The zero-order valence-electron chi connectivity index (χ0n) is 25.4. The number of anilines is 1. The summed E-state index contributed by atoms with van der Waals surface area (Å²) in [5.74, 6) is -0.182. The molecule has 238 valence electrons.